The van der Waals surface area contributed by atoms with Gasteiger partial charge in [-0.2, -0.15) is 0 Å². The molecule has 0 atom stereocenters. The van der Waals surface area contributed by atoms with Gasteiger partial charge in [-0.15, -0.1) is 0 Å². The van der Waals surface area contributed by atoms with Crippen molar-refractivity contribution >= 4 is 0 Å². The summed E-state index contributed by atoms with van der Waals surface area (Å²) in [5.74, 6) is 0.896. The minimum Gasteiger partial charge on any atom is -0.380 e. The van der Waals surface area contributed by atoms with E-state index in [1.807, 2.05) is 0 Å². The van der Waals surface area contributed by atoms with E-state index in [0.29, 0.717) is 0 Å². The maximum absolute atomic E-state index is 5.64. The van der Waals surface area contributed by atoms with Crippen LogP contribution in [0.2, 0.25) is 0 Å². The van der Waals surface area contributed by atoms with Gasteiger partial charge in [0.15, 0.2) is 0 Å². The zero-order chi connectivity index (χ0) is 11.9. The predicted octanol–water partition coefficient (Wildman–Crippen LogP) is 1.88. The van der Waals surface area contributed by atoms with E-state index in [2.05, 4.69) is 17.1 Å². The lowest BCUT2D eigenvalue weighted by atomic mass is 10.1. The van der Waals surface area contributed by atoms with Crippen molar-refractivity contribution in [3.63, 3.8) is 0 Å². The maximum atomic E-state index is 5.64. The number of piperidine rings is 1. The fourth-order valence-corrected chi connectivity index (χ4v) is 2.55. The molecular formula is C14H28N2O. The zero-order valence-corrected chi connectivity index (χ0v) is 11.3. The largest absolute Gasteiger partial charge is 0.380 e. The Bertz CT molecular complexity index is 198. The molecule has 1 N–H and O–H groups in total. The van der Waals surface area contributed by atoms with Crippen molar-refractivity contribution in [1.82, 2.24) is 10.2 Å². The lowest BCUT2D eigenvalue weighted by Crippen LogP contribution is -2.43. The minimum absolute atomic E-state index is 0.729. The van der Waals surface area contributed by atoms with E-state index in [9.17, 15) is 0 Å². The number of nitrogens with one attached hydrogen (secondary N) is 1. The quantitative estimate of drug-likeness (QED) is 0.656. The second-order valence-electron chi connectivity index (χ2n) is 5.59. The summed E-state index contributed by atoms with van der Waals surface area (Å²) in [5, 5.41) is 3.63. The van der Waals surface area contributed by atoms with Crippen LogP contribution in [0.25, 0.3) is 0 Å². The first-order valence-corrected chi connectivity index (χ1v) is 7.42. The number of hydrogen-bond acceptors (Lipinski definition) is 3. The highest BCUT2D eigenvalue weighted by Crippen LogP contribution is 2.28. The third-order valence-corrected chi connectivity index (χ3v) is 3.86. The number of nitrogens with zero attached hydrogens (tertiary/aromatic N) is 1. The molecule has 0 bridgehead atoms. The molecule has 1 heterocycles. The van der Waals surface area contributed by atoms with Crippen molar-refractivity contribution < 1.29 is 4.74 Å². The van der Waals surface area contributed by atoms with Crippen LogP contribution < -0.4 is 5.32 Å². The van der Waals surface area contributed by atoms with E-state index >= 15 is 0 Å². The molecule has 3 nitrogen and oxygen atoms in total. The molecule has 2 fully saturated rings. The Labute approximate surface area is 106 Å². The van der Waals surface area contributed by atoms with Gasteiger partial charge in [-0.05, 0) is 57.7 Å². The van der Waals surface area contributed by atoms with Crippen LogP contribution in [0.3, 0.4) is 0 Å². The van der Waals surface area contributed by atoms with Gasteiger partial charge < -0.3 is 15.0 Å². The molecule has 0 unspecified atom stereocenters. The SMILES string of the molecule is CCCN1CCC(NCCOCC2CC2)CC1. The molecule has 2 rings (SSSR count). The second kappa shape index (κ2) is 7.34. The average molecular weight is 240 g/mol. The van der Waals surface area contributed by atoms with Crippen molar-refractivity contribution in [3.05, 3.63) is 0 Å². The summed E-state index contributed by atoms with van der Waals surface area (Å²) in [5.41, 5.74) is 0. The molecule has 100 valence electrons. The minimum atomic E-state index is 0.729. The van der Waals surface area contributed by atoms with Gasteiger partial charge in [-0.1, -0.05) is 6.92 Å². The van der Waals surface area contributed by atoms with Crippen LogP contribution in [0.4, 0.5) is 0 Å². The third kappa shape index (κ3) is 5.36. The summed E-state index contributed by atoms with van der Waals surface area (Å²) < 4.78 is 5.64. The molecule has 0 amide bonds. The zero-order valence-electron chi connectivity index (χ0n) is 11.3. The molecule has 0 aromatic carbocycles. The van der Waals surface area contributed by atoms with E-state index < -0.39 is 0 Å². The summed E-state index contributed by atoms with van der Waals surface area (Å²) in [6.07, 6.45) is 6.69. The van der Waals surface area contributed by atoms with Gasteiger partial charge in [0.05, 0.1) is 6.61 Å². The number of rotatable bonds is 8. The molecule has 3 heteroatoms. The summed E-state index contributed by atoms with van der Waals surface area (Å²) in [7, 11) is 0. The average Bonchev–Trinajstić information content (AvgIpc) is 3.15. The second-order valence-corrected chi connectivity index (χ2v) is 5.59. The molecule has 1 aliphatic carbocycles. The van der Waals surface area contributed by atoms with Crippen LogP contribution >= 0.6 is 0 Å². The Morgan fingerprint density at radius 1 is 1.18 bits per heavy atom. The predicted molar refractivity (Wildman–Crippen MR) is 71.3 cm³/mol. The smallest absolute Gasteiger partial charge is 0.0591 e. The van der Waals surface area contributed by atoms with Crippen LogP contribution in [0.15, 0.2) is 0 Å². The van der Waals surface area contributed by atoms with Crippen LogP contribution in [-0.4, -0.2) is 50.3 Å². The fourth-order valence-electron chi connectivity index (χ4n) is 2.55. The van der Waals surface area contributed by atoms with Gasteiger partial charge >= 0.3 is 0 Å². The van der Waals surface area contributed by atoms with Gasteiger partial charge in [0, 0.05) is 19.2 Å². The van der Waals surface area contributed by atoms with E-state index in [0.717, 1.165) is 31.7 Å². The summed E-state index contributed by atoms with van der Waals surface area (Å²) >= 11 is 0. The summed E-state index contributed by atoms with van der Waals surface area (Å²) in [6.45, 7) is 9.01. The van der Waals surface area contributed by atoms with Crippen molar-refractivity contribution in [2.24, 2.45) is 5.92 Å². The first-order valence-electron chi connectivity index (χ1n) is 7.42. The van der Waals surface area contributed by atoms with E-state index in [4.69, 9.17) is 4.74 Å². The van der Waals surface area contributed by atoms with Gasteiger partial charge in [-0.3, -0.25) is 0 Å². The molecule has 0 radical (unpaired) electrons. The normalized spacial score (nSPS) is 23.1. The molecule has 1 aliphatic heterocycles. The van der Waals surface area contributed by atoms with Crippen molar-refractivity contribution in [3.8, 4) is 0 Å². The van der Waals surface area contributed by atoms with E-state index in [-0.39, 0.29) is 0 Å². The van der Waals surface area contributed by atoms with Crippen LogP contribution in [0, 0.1) is 5.92 Å². The molecular weight excluding hydrogens is 212 g/mol. The first kappa shape index (κ1) is 13.3. The number of ether oxygens (including phenoxy) is 1. The van der Waals surface area contributed by atoms with E-state index in [1.54, 1.807) is 0 Å². The van der Waals surface area contributed by atoms with Gasteiger partial charge in [0.2, 0.25) is 0 Å². The van der Waals surface area contributed by atoms with Crippen molar-refractivity contribution in [1.29, 1.82) is 0 Å². The van der Waals surface area contributed by atoms with Crippen LogP contribution in [0.5, 0.6) is 0 Å². The molecule has 1 saturated heterocycles. The molecule has 1 saturated carbocycles. The van der Waals surface area contributed by atoms with E-state index in [1.165, 1.54) is 51.7 Å². The summed E-state index contributed by atoms with van der Waals surface area (Å²) in [6, 6.07) is 0.729. The molecule has 0 spiro atoms. The number of likely N-dealkylation sites (tertiary alicyclic amines) is 1. The highest BCUT2D eigenvalue weighted by Gasteiger charge is 2.21. The molecule has 0 aromatic heterocycles. The lowest BCUT2D eigenvalue weighted by molar-refractivity contribution is 0.119. The molecule has 0 aromatic rings. The first-order chi connectivity index (χ1) is 8.38. The van der Waals surface area contributed by atoms with Gasteiger partial charge in [-0.25, -0.2) is 0 Å². The standard InChI is InChI=1S/C14H28N2O/c1-2-8-16-9-5-14(6-10-16)15-7-11-17-12-13-3-4-13/h13-15H,2-12H2,1H3. The number of hydrogen-bond donors (Lipinski definition) is 1. The Balaban J connectivity index is 1.43. The fraction of sp³-hybridized carbons (Fsp3) is 1.00. The Kier molecular flexibility index (Phi) is 5.75. The third-order valence-electron chi connectivity index (χ3n) is 3.86. The van der Waals surface area contributed by atoms with Crippen molar-refractivity contribution in [2.45, 2.75) is 45.1 Å². The van der Waals surface area contributed by atoms with Gasteiger partial charge in [0.25, 0.3) is 0 Å². The topological polar surface area (TPSA) is 24.5 Å². The van der Waals surface area contributed by atoms with Crippen molar-refractivity contribution in [2.75, 3.05) is 39.4 Å². The Morgan fingerprint density at radius 2 is 1.94 bits per heavy atom. The molecule has 17 heavy (non-hydrogen) atoms. The summed E-state index contributed by atoms with van der Waals surface area (Å²) in [4.78, 5) is 2.59. The van der Waals surface area contributed by atoms with Crippen LogP contribution in [0.1, 0.15) is 39.0 Å². The highest BCUT2D eigenvalue weighted by atomic mass is 16.5. The Morgan fingerprint density at radius 3 is 2.59 bits per heavy atom. The lowest BCUT2D eigenvalue weighted by Gasteiger charge is -2.32. The highest BCUT2D eigenvalue weighted by molar-refractivity contribution is 4.77. The van der Waals surface area contributed by atoms with Gasteiger partial charge in [0.1, 0.15) is 0 Å². The monoisotopic (exact) mass is 240 g/mol. The van der Waals surface area contributed by atoms with Crippen LogP contribution in [-0.2, 0) is 4.74 Å². The molecule has 2 aliphatic rings. The Hall–Kier alpha value is -0.120. The maximum Gasteiger partial charge on any atom is 0.0591 e.